The van der Waals surface area contributed by atoms with Crippen molar-refractivity contribution in [3.8, 4) is 11.4 Å². The summed E-state index contributed by atoms with van der Waals surface area (Å²) in [6.07, 6.45) is 0. The Balaban J connectivity index is 1.90. The van der Waals surface area contributed by atoms with Crippen molar-refractivity contribution < 1.29 is 9.90 Å². The molecular formula is C14H15N3O2. The van der Waals surface area contributed by atoms with Gasteiger partial charge in [-0.1, -0.05) is 44.2 Å². The Morgan fingerprint density at radius 2 is 2.00 bits per heavy atom. The van der Waals surface area contributed by atoms with Gasteiger partial charge in [0.15, 0.2) is 5.82 Å². The number of hydrogen-bond donors (Lipinski definition) is 2. The number of benzene rings is 1. The van der Waals surface area contributed by atoms with Crippen molar-refractivity contribution in [2.45, 2.75) is 19.8 Å². The van der Waals surface area contributed by atoms with Crippen LogP contribution in [0, 0.1) is 11.3 Å². The number of aromatic nitrogens is 3. The van der Waals surface area contributed by atoms with E-state index in [0.717, 1.165) is 5.56 Å². The quantitative estimate of drug-likeness (QED) is 0.884. The second kappa shape index (κ2) is 3.91. The lowest BCUT2D eigenvalue weighted by Crippen LogP contribution is -2.03. The maximum atomic E-state index is 11.2. The molecular weight excluding hydrogens is 242 g/mol. The number of nitrogens with one attached hydrogen (secondary N) is 1. The fraction of sp³-hybridized carbons (Fsp3) is 0.357. The van der Waals surface area contributed by atoms with Gasteiger partial charge in [0.05, 0.1) is 5.92 Å². The Kier molecular flexibility index (Phi) is 2.45. The van der Waals surface area contributed by atoms with Crippen LogP contribution in [0.3, 0.4) is 0 Å². The van der Waals surface area contributed by atoms with Crippen LogP contribution in [0.5, 0.6) is 0 Å². The average molecular weight is 257 g/mol. The molecule has 1 aromatic heterocycles. The first-order valence-corrected chi connectivity index (χ1v) is 6.22. The molecule has 2 unspecified atom stereocenters. The van der Waals surface area contributed by atoms with Crippen LogP contribution in [0.15, 0.2) is 30.3 Å². The summed E-state index contributed by atoms with van der Waals surface area (Å²) in [6.45, 7) is 3.89. The zero-order chi connectivity index (χ0) is 13.6. The zero-order valence-corrected chi connectivity index (χ0v) is 10.8. The molecule has 0 saturated heterocycles. The number of nitrogens with zero attached hydrogens (tertiary/aromatic N) is 2. The monoisotopic (exact) mass is 257 g/mol. The first-order valence-electron chi connectivity index (χ1n) is 6.22. The van der Waals surface area contributed by atoms with Crippen LogP contribution >= 0.6 is 0 Å². The topological polar surface area (TPSA) is 78.9 Å². The number of carboxylic acid groups (broad SMARTS) is 1. The molecule has 1 aliphatic carbocycles. The highest BCUT2D eigenvalue weighted by atomic mass is 16.4. The molecule has 2 N–H and O–H groups in total. The molecule has 3 rings (SSSR count). The third-order valence-electron chi connectivity index (χ3n) is 3.92. The lowest BCUT2D eigenvalue weighted by atomic mass is 10.1. The van der Waals surface area contributed by atoms with E-state index >= 15 is 0 Å². The van der Waals surface area contributed by atoms with Crippen molar-refractivity contribution in [2.24, 2.45) is 11.3 Å². The number of carbonyl (C=O) groups is 1. The molecule has 0 amide bonds. The molecule has 1 aromatic carbocycles. The molecule has 1 aliphatic rings. The number of rotatable bonds is 3. The van der Waals surface area contributed by atoms with Crippen molar-refractivity contribution in [1.82, 2.24) is 15.2 Å². The van der Waals surface area contributed by atoms with E-state index in [1.54, 1.807) is 0 Å². The minimum atomic E-state index is -0.771. The van der Waals surface area contributed by atoms with Crippen LogP contribution in [-0.4, -0.2) is 26.3 Å². The molecule has 5 nitrogen and oxygen atoms in total. The van der Waals surface area contributed by atoms with Gasteiger partial charge in [0, 0.05) is 11.5 Å². The van der Waals surface area contributed by atoms with Gasteiger partial charge < -0.3 is 5.11 Å². The lowest BCUT2D eigenvalue weighted by Gasteiger charge is -1.97. The first-order chi connectivity index (χ1) is 9.01. The normalized spacial score (nSPS) is 24.1. The summed E-state index contributed by atoms with van der Waals surface area (Å²) in [7, 11) is 0. The summed E-state index contributed by atoms with van der Waals surface area (Å²) in [6, 6.07) is 9.64. The molecule has 0 bridgehead atoms. The van der Waals surface area contributed by atoms with Crippen LogP contribution in [0.25, 0.3) is 11.4 Å². The zero-order valence-electron chi connectivity index (χ0n) is 10.8. The van der Waals surface area contributed by atoms with Crippen LogP contribution in [0.1, 0.15) is 25.6 Å². The molecule has 0 spiro atoms. The SMILES string of the molecule is CC1(C)C(C(=O)O)C1c1nc(-c2ccccc2)n[nH]1. The highest BCUT2D eigenvalue weighted by Crippen LogP contribution is 2.63. The number of carboxylic acids is 1. The minimum Gasteiger partial charge on any atom is -0.481 e. The standard InChI is InChI=1S/C14H15N3O2/c1-14(2)9(10(14)13(18)19)12-15-11(16-17-12)8-6-4-3-5-7-8/h3-7,9-10H,1-2H3,(H,18,19)(H,15,16,17). The Morgan fingerprint density at radius 3 is 2.58 bits per heavy atom. The number of H-pyrrole nitrogens is 1. The van der Waals surface area contributed by atoms with Gasteiger partial charge in [-0.3, -0.25) is 9.89 Å². The Bertz CT molecular complexity index is 619. The van der Waals surface area contributed by atoms with Gasteiger partial charge in [0.1, 0.15) is 5.82 Å². The number of aromatic amines is 1. The van der Waals surface area contributed by atoms with E-state index in [4.69, 9.17) is 0 Å². The smallest absolute Gasteiger partial charge is 0.307 e. The highest BCUT2D eigenvalue weighted by molar-refractivity contribution is 5.77. The predicted octanol–water partition coefficient (Wildman–Crippen LogP) is 2.30. The fourth-order valence-corrected chi connectivity index (χ4v) is 2.74. The summed E-state index contributed by atoms with van der Waals surface area (Å²) >= 11 is 0. The van der Waals surface area contributed by atoms with Crippen LogP contribution in [-0.2, 0) is 4.79 Å². The molecule has 2 atom stereocenters. The summed E-state index contributed by atoms with van der Waals surface area (Å²) in [5.74, 6) is 0.0328. The van der Waals surface area contributed by atoms with E-state index in [2.05, 4.69) is 15.2 Å². The van der Waals surface area contributed by atoms with E-state index in [1.165, 1.54) is 0 Å². The van der Waals surface area contributed by atoms with Crippen molar-refractivity contribution in [1.29, 1.82) is 0 Å². The first kappa shape index (κ1) is 11.9. The van der Waals surface area contributed by atoms with Crippen LogP contribution < -0.4 is 0 Å². The highest BCUT2D eigenvalue weighted by Gasteiger charge is 2.64. The molecule has 1 saturated carbocycles. The van der Waals surface area contributed by atoms with Gasteiger partial charge in [-0.2, -0.15) is 5.10 Å². The summed E-state index contributed by atoms with van der Waals surface area (Å²) < 4.78 is 0. The Hall–Kier alpha value is -2.17. The molecule has 2 aromatic rings. The molecule has 1 fully saturated rings. The largest absolute Gasteiger partial charge is 0.481 e. The third-order valence-corrected chi connectivity index (χ3v) is 3.92. The molecule has 0 radical (unpaired) electrons. The van der Waals surface area contributed by atoms with Crippen molar-refractivity contribution in [3.05, 3.63) is 36.2 Å². The van der Waals surface area contributed by atoms with Gasteiger partial charge in [0.2, 0.25) is 0 Å². The number of aliphatic carboxylic acids is 1. The summed E-state index contributed by atoms with van der Waals surface area (Å²) in [4.78, 5) is 15.6. The fourth-order valence-electron chi connectivity index (χ4n) is 2.74. The van der Waals surface area contributed by atoms with E-state index in [0.29, 0.717) is 11.6 Å². The van der Waals surface area contributed by atoms with E-state index in [-0.39, 0.29) is 17.3 Å². The second-order valence-corrected chi connectivity index (χ2v) is 5.53. The van der Waals surface area contributed by atoms with Crippen molar-refractivity contribution in [3.63, 3.8) is 0 Å². The van der Waals surface area contributed by atoms with E-state index in [1.807, 2.05) is 44.2 Å². The summed E-state index contributed by atoms with van der Waals surface area (Å²) in [5, 5.41) is 16.2. The average Bonchev–Trinajstić information content (AvgIpc) is 2.76. The van der Waals surface area contributed by atoms with Gasteiger partial charge >= 0.3 is 5.97 Å². The van der Waals surface area contributed by atoms with E-state index in [9.17, 15) is 9.90 Å². The lowest BCUT2D eigenvalue weighted by molar-refractivity contribution is -0.139. The summed E-state index contributed by atoms with van der Waals surface area (Å²) in [5.41, 5.74) is 0.662. The van der Waals surface area contributed by atoms with Gasteiger partial charge in [-0.15, -0.1) is 0 Å². The van der Waals surface area contributed by atoms with Gasteiger partial charge in [0.25, 0.3) is 0 Å². The van der Waals surface area contributed by atoms with Gasteiger partial charge in [-0.25, -0.2) is 4.98 Å². The molecule has 19 heavy (non-hydrogen) atoms. The molecule has 5 heteroatoms. The number of hydrogen-bond acceptors (Lipinski definition) is 3. The van der Waals surface area contributed by atoms with E-state index < -0.39 is 5.97 Å². The van der Waals surface area contributed by atoms with Crippen LogP contribution in [0.2, 0.25) is 0 Å². The molecule has 98 valence electrons. The van der Waals surface area contributed by atoms with Gasteiger partial charge in [-0.05, 0) is 5.41 Å². The molecule has 0 aliphatic heterocycles. The Labute approximate surface area is 110 Å². The van der Waals surface area contributed by atoms with Crippen LogP contribution in [0.4, 0.5) is 0 Å². The second-order valence-electron chi connectivity index (χ2n) is 5.53. The van der Waals surface area contributed by atoms with Crippen molar-refractivity contribution in [2.75, 3.05) is 0 Å². The molecule has 1 heterocycles. The maximum Gasteiger partial charge on any atom is 0.307 e. The third kappa shape index (κ3) is 1.82. The predicted molar refractivity (Wildman–Crippen MR) is 69.5 cm³/mol. The minimum absolute atomic E-state index is 0.0880. The van der Waals surface area contributed by atoms with Crippen molar-refractivity contribution >= 4 is 5.97 Å². The Morgan fingerprint density at radius 1 is 1.32 bits per heavy atom. The maximum absolute atomic E-state index is 11.2.